The largest absolute Gasteiger partial charge is 0.493 e. The summed E-state index contributed by atoms with van der Waals surface area (Å²) in [4.78, 5) is 38.2. The Hall–Kier alpha value is -3.75. The number of ether oxygens (including phenoxy) is 3. The van der Waals surface area contributed by atoms with E-state index in [0.717, 1.165) is 5.56 Å². The first-order valence-electron chi connectivity index (χ1n) is 9.61. The second-order valence-electron chi connectivity index (χ2n) is 6.93. The number of amides is 2. The van der Waals surface area contributed by atoms with Crippen LogP contribution in [0.1, 0.15) is 33.9 Å². The SMILES string of the molecule is COC(=O)c1ccccc1NC(=O)N1CCc2cc(OC)c(OC)cc2[C@H]1CC(=O)O. The van der Waals surface area contributed by atoms with E-state index >= 15 is 0 Å². The number of carbonyl (C=O) groups excluding carboxylic acids is 2. The Labute approximate surface area is 179 Å². The quantitative estimate of drug-likeness (QED) is 0.680. The number of carboxylic acids is 1. The van der Waals surface area contributed by atoms with E-state index in [1.165, 1.54) is 26.2 Å². The van der Waals surface area contributed by atoms with Crippen LogP contribution in [-0.4, -0.2) is 55.9 Å². The minimum absolute atomic E-state index is 0.206. The molecular weight excluding hydrogens is 404 g/mol. The zero-order chi connectivity index (χ0) is 22.5. The van der Waals surface area contributed by atoms with Crippen LogP contribution >= 0.6 is 0 Å². The number of hydrogen-bond acceptors (Lipinski definition) is 6. The molecule has 0 saturated carbocycles. The maximum Gasteiger partial charge on any atom is 0.339 e. The summed E-state index contributed by atoms with van der Waals surface area (Å²) in [6.45, 7) is 0.298. The number of para-hydroxylation sites is 1. The Balaban J connectivity index is 1.95. The molecule has 1 aliphatic heterocycles. The molecule has 9 heteroatoms. The highest BCUT2D eigenvalue weighted by atomic mass is 16.5. The van der Waals surface area contributed by atoms with Gasteiger partial charge in [-0.3, -0.25) is 4.79 Å². The molecular formula is C22H24N2O7. The van der Waals surface area contributed by atoms with E-state index in [0.29, 0.717) is 30.0 Å². The number of rotatable bonds is 6. The summed E-state index contributed by atoms with van der Waals surface area (Å²) in [5, 5.41) is 12.2. The molecule has 0 spiro atoms. The number of methoxy groups -OCH3 is 3. The summed E-state index contributed by atoms with van der Waals surface area (Å²) in [5.41, 5.74) is 2.06. The lowest BCUT2D eigenvalue weighted by molar-refractivity contribution is -0.138. The molecule has 1 aliphatic rings. The molecule has 0 bridgehead atoms. The number of carbonyl (C=O) groups is 3. The predicted octanol–water partition coefficient (Wildman–Crippen LogP) is 3.10. The Kier molecular flexibility index (Phi) is 6.64. The third kappa shape index (κ3) is 4.55. The highest BCUT2D eigenvalue weighted by Gasteiger charge is 2.34. The maximum absolute atomic E-state index is 13.1. The third-order valence-corrected chi connectivity index (χ3v) is 5.21. The van der Waals surface area contributed by atoms with Gasteiger partial charge in [0, 0.05) is 6.54 Å². The number of urea groups is 1. The molecule has 164 valence electrons. The fourth-order valence-electron chi connectivity index (χ4n) is 3.72. The molecule has 31 heavy (non-hydrogen) atoms. The van der Waals surface area contributed by atoms with Crippen molar-refractivity contribution in [3.05, 3.63) is 53.1 Å². The van der Waals surface area contributed by atoms with E-state index in [1.54, 1.807) is 30.3 Å². The van der Waals surface area contributed by atoms with Crippen LogP contribution in [0.25, 0.3) is 0 Å². The minimum atomic E-state index is -1.04. The second kappa shape index (κ2) is 9.38. The van der Waals surface area contributed by atoms with Gasteiger partial charge >= 0.3 is 18.0 Å². The first-order chi connectivity index (χ1) is 14.9. The molecule has 2 aromatic rings. The van der Waals surface area contributed by atoms with Crippen molar-refractivity contribution in [2.45, 2.75) is 18.9 Å². The number of aliphatic carboxylic acids is 1. The molecule has 0 unspecified atom stereocenters. The molecule has 1 heterocycles. The van der Waals surface area contributed by atoms with Gasteiger partial charge in [-0.05, 0) is 41.8 Å². The highest BCUT2D eigenvalue weighted by molar-refractivity contribution is 6.01. The summed E-state index contributed by atoms with van der Waals surface area (Å²) in [6, 6.07) is 8.76. The number of benzene rings is 2. The van der Waals surface area contributed by atoms with Crippen molar-refractivity contribution >= 4 is 23.7 Å². The normalized spacial score (nSPS) is 14.9. The van der Waals surface area contributed by atoms with Crippen molar-refractivity contribution in [3.8, 4) is 11.5 Å². The Morgan fingerprint density at radius 1 is 1.10 bits per heavy atom. The number of hydrogen-bond donors (Lipinski definition) is 2. The summed E-state index contributed by atoms with van der Waals surface area (Å²) in [6.07, 6.45) is 0.229. The summed E-state index contributed by atoms with van der Waals surface area (Å²) >= 11 is 0. The molecule has 0 fully saturated rings. The molecule has 2 amide bonds. The number of carboxylic acid groups (broad SMARTS) is 1. The predicted molar refractivity (Wildman–Crippen MR) is 112 cm³/mol. The van der Waals surface area contributed by atoms with Crippen LogP contribution < -0.4 is 14.8 Å². The Morgan fingerprint density at radius 3 is 2.42 bits per heavy atom. The van der Waals surface area contributed by atoms with E-state index in [-0.39, 0.29) is 17.7 Å². The van der Waals surface area contributed by atoms with Gasteiger partial charge in [-0.25, -0.2) is 9.59 Å². The van der Waals surface area contributed by atoms with Crippen LogP contribution in [0.15, 0.2) is 36.4 Å². The van der Waals surface area contributed by atoms with Gasteiger partial charge < -0.3 is 29.5 Å². The molecule has 2 aromatic carbocycles. The summed E-state index contributed by atoms with van der Waals surface area (Å²) in [5.74, 6) is -0.630. The summed E-state index contributed by atoms with van der Waals surface area (Å²) < 4.78 is 15.5. The van der Waals surface area contributed by atoms with Crippen molar-refractivity contribution in [1.82, 2.24) is 4.90 Å². The lowest BCUT2D eigenvalue weighted by Crippen LogP contribution is -2.43. The van der Waals surface area contributed by atoms with Crippen LogP contribution in [-0.2, 0) is 16.0 Å². The van der Waals surface area contributed by atoms with Gasteiger partial charge in [-0.2, -0.15) is 0 Å². The van der Waals surface area contributed by atoms with Crippen molar-refractivity contribution in [2.24, 2.45) is 0 Å². The molecule has 3 rings (SSSR count). The maximum atomic E-state index is 13.1. The second-order valence-corrected chi connectivity index (χ2v) is 6.93. The number of fused-ring (bicyclic) bond motifs is 1. The van der Waals surface area contributed by atoms with Crippen molar-refractivity contribution in [1.29, 1.82) is 0 Å². The van der Waals surface area contributed by atoms with Gasteiger partial charge in [-0.15, -0.1) is 0 Å². The van der Waals surface area contributed by atoms with Gasteiger partial charge in [0.15, 0.2) is 11.5 Å². The lowest BCUT2D eigenvalue weighted by atomic mass is 9.90. The van der Waals surface area contributed by atoms with Crippen LogP contribution in [0.2, 0.25) is 0 Å². The lowest BCUT2D eigenvalue weighted by Gasteiger charge is -2.37. The van der Waals surface area contributed by atoms with Gasteiger partial charge in [-0.1, -0.05) is 12.1 Å². The molecule has 9 nitrogen and oxygen atoms in total. The van der Waals surface area contributed by atoms with Gasteiger partial charge in [0.25, 0.3) is 0 Å². The molecule has 0 aromatic heterocycles. The fraction of sp³-hybridized carbons (Fsp3) is 0.318. The van der Waals surface area contributed by atoms with Gasteiger partial charge in [0.2, 0.25) is 0 Å². The summed E-state index contributed by atoms with van der Waals surface area (Å²) in [7, 11) is 4.28. The number of esters is 1. The molecule has 1 atom stereocenters. The standard InChI is InChI=1S/C22H24N2O7/c1-29-18-10-13-8-9-24(17(12-20(25)26)15(13)11-19(18)30-2)22(28)23-16-7-5-4-6-14(16)21(27)31-3/h4-7,10-11,17H,8-9,12H2,1-3H3,(H,23,28)(H,25,26)/t17-/m1/s1. The average molecular weight is 428 g/mol. The zero-order valence-electron chi connectivity index (χ0n) is 17.5. The number of nitrogens with one attached hydrogen (secondary N) is 1. The minimum Gasteiger partial charge on any atom is -0.493 e. The topological polar surface area (TPSA) is 114 Å². The van der Waals surface area contributed by atoms with Gasteiger partial charge in [0.1, 0.15) is 0 Å². The third-order valence-electron chi connectivity index (χ3n) is 5.21. The van der Waals surface area contributed by atoms with Crippen molar-refractivity contribution < 1.29 is 33.7 Å². The zero-order valence-corrected chi connectivity index (χ0v) is 17.5. The van der Waals surface area contributed by atoms with E-state index in [1.807, 2.05) is 6.07 Å². The molecule has 0 radical (unpaired) electrons. The molecule has 2 N–H and O–H groups in total. The van der Waals surface area contributed by atoms with Crippen LogP contribution in [0.5, 0.6) is 11.5 Å². The van der Waals surface area contributed by atoms with E-state index in [2.05, 4.69) is 5.32 Å². The highest BCUT2D eigenvalue weighted by Crippen LogP contribution is 2.39. The van der Waals surface area contributed by atoms with Crippen LogP contribution in [0, 0.1) is 0 Å². The first-order valence-corrected chi connectivity index (χ1v) is 9.61. The van der Waals surface area contributed by atoms with Crippen molar-refractivity contribution in [2.75, 3.05) is 33.2 Å². The van der Waals surface area contributed by atoms with E-state index in [4.69, 9.17) is 14.2 Å². The molecule has 0 saturated heterocycles. The van der Waals surface area contributed by atoms with Crippen LogP contribution in [0.4, 0.5) is 10.5 Å². The smallest absolute Gasteiger partial charge is 0.339 e. The molecule has 0 aliphatic carbocycles. The fourth-order valence-corrected chi connectivity index (χ4v) is 3.72. The van der Waals surface area contributed by atoms with Gasteiger partial charge in [0.05, 0.1) is 45.0 Å². The number of nitrogens with zero attached hydrogens (tertiary/aromatic N) is 1. The van der Waals surface area contributed by atoms with E-state index < -0.39 is 24.0 Å². The average Bonchev–Trinajstić information content (AvgIpc) is 2.77. The van der Waals surface area contributed by atoms with Crippen molar-refractivity contribution in [3.63, 3.8) is 0 Å². The Bertz CT molecular complexity index is 1010. The first kappa shape index (κ1) is 21.9. The monoisotopic (exact) mass is 428 g/mol. The van der Waals surface area contributed by atoms with Crippen LogP contribution in [0.3, 0.4) is 0 Å². The Morgan fingerprint density at radius 2 is 1.77 bits per heavy atom. The number of anilines is 1. The van der Waals surface area contributed by atoms with E-state index in [9.17, 15) is 19.5 Å².